The molecule has 7 heteroatoms. The van der Waals surface area contributed by atoms with Crippen LogP contribution < -0.4 is 10.6 Å². The van der Waals surface area contributed by atoms with Crippen LogP contribution in [-0.4, -0.2) is 68.4 Å². The van der Waals surface area contributed by atoms with Gasteiger partial charge in [-0.2, -0.15) is 0 Å². The number of furan rings is 1. The third-order valence-corrected chi connectivity index (χ3v) is 4.77. The summed E-state index contributed by atoms with van der Waals surface area (Å²) >= 11 is 0. The Labute approximate surface area is 163 Å². The molecular weight excluding hydrogens is 344 g/mol. The summed E-state index contributed by atoms with van der Waals surface area (Å²) in [4.78, 5) is 6.81. The molecule has 1 aliphatic rings. The van der Waals surface area contributed by atoms with E-state index in [2.05, 4.69) is 48.2 Å². The first-order chi connectivity index (χ1) is 12.9. The topological polar surface area (TPSA) is 71.3 Å². The number of nitrogens with one attached hydrogen (secondary N) is 2. The van der Waals surface area contributed by atoms with Crippen LogP contribution in [0.15, 0.2) is 27.8 Å². The summed E-state index contributed by atoms with van der Waals surface area (Å²) in [5, 5.41) is 6.80. The minimum Gasteiger partial charge on any atom is -0.467 e. The fourth-order valence-electron chi connectivity index (χ4n) is 3.25. The Balaban J connectivity index is 1.63. The number of morpholine rings is 1. The maximum Gasteiger partial charge on any atom is 0.191 e. The quantitative estimate of drug-likeness (QED) is 0.389. The highest BCUT2D eigenvalue weighted by Gasteiger charge is 2.33. The molecule has 154 valence electrons. The lowest BCUT2D eigenvalue weighted by Gasteiger charge is -2.45. The second-order valence-corrected chi connectivity index (χ2v) is 7.81. The number of nitrogens with zero attached hydrogens (tertiary/aromatic N) is 2. The second kappa shape index (κ2) is 10.7. The van der Waals surface area contributed by atoms with Crippen molar-refractivity contribution >= 4 is 5.96 Å². The smallest absolute Gasteiger partial charge is 0.191 e. The Morgan fingerprint density at radius 3 is 2.67 bits per heavy atom. The molecule has 1 saturated heterocycles. The van der Waals surface area contributed by atoms with Gasteiger partial charge in [0, 0.05) is 45.4 Å². The summed E-state index contributed by atoms with van der Waals surface area (Å²) in [6, 6.07) is 3.79. The Morgan fingerprint density at radius 2 is 2.04 bits per heavy atom. The van der Waals surface area contributed by atoms with Crippen LogP contribution in [0.25, 0.3) is 0 Å². The van der Waals surface area contributed by atoms with Gasteiger partial charge in [-0.1, -0.05) is 0 Å². The first-order valence-electron chi connectivity index (χ1n) is 9.86. The first kappa shape index (κ1) is 21.7. The van der Waals surface area contributed by atoms with Crippen LogP contribution in [0, 0.1) is 0 Å². The van der Waals surface area contributed by atoms with E-state index in [0.29, 0.717) is 13.2 Å². The van der Waals surface area contributed by atoms with Crippen molar-refractivity contribution in [1.29, 1.82) is 0 Å². The van der Waals surface area contributed by atoms with Gasteiger partial charge in [-0.3, -0.25) is 9.89 Å². The molecule has 2 atom stereocenters. The van der Waals surface area contributed by atoms with E-state index >= 15 is 0 Å². The number of hydrogen-bond donors (Lipinski definition) is 2. The molecule has 0 bridgehead atoms. The molecular formula is C20H36N4O3. The van der Waals surface area contributed by atoms with Crippen molar-refractivity contribution in [2.75, 3.05) is 39.8 Å². The fraction of sp³-hybridized carbons (Fsp3) is 0.750. The molecule has 2 unspecified atom stereocenters. The summed E-state index contributed by atoms with van der Waals surface area (Å²) < 4.78 is 16.7. The van der Waals surface area contributed by atoms with Gasteiger partial charge in [0.1, 0.15) is 12.4 Å². The Morgan fingerprint density at radius 1 is 1.30 bits per heavy atom. The zero-order chi connectivity index (χ0) is 19.7. The second-order valence-electron chi connectivity index (χ2n) is 7.81. The summed E-state index contributed by atoms with van der Waals surface area (Å²) in [6.45, 7) is 13.5. The van der Waals surface area contributed by atoms with E-state index < -0.39 is 0 Å². The zero-order valence-electron chi connectivity index (χ0n) is 17.5. The molecule has 0 aromatic carbocycles. The van der Waals surface area contributed by atoms with Crippen molar-refractivity contribution in [3.05, 3.63) is 24.2 Å². The van der Waals surface area contributed by atoms with Crippen molar-refractivity contribution in [2.45, 2.75) is 58.5 Å². The van der Waals surface area contributed by atoms with Gasteiger partial charge in [0.2, 0.25) is 0 Å². The number of rotatable bonds is 9. The van der Waals surface area contributed by atoms with E-state index in [0.717, 1.165) is 44.3 Å². The summed E-state index contributed by atoms with van der Waals surface area (Å²) in [5.41, 5.74) is 0.0239. The normalized spacial score (nSPS) is 22.0. The highest BCUT2D eigenvalue weighted by atomic mass is 16.5. The molecule has 2 heterocycles. The first-order valence-corrected chi connectivity index (χ1v) is 9.86. The molecule has 27 heavy (non-hydrogen) atoms. The van der Waals surface area contributed by atoms with Crippen molar-refractivity contribution < 1.29 is 13.9 Å². The summed E-state index contributed by atoms with van der Waals surface area (Å²) in [7, 11) is 1.80. The highest BCUT2D eigenvalue weighted by molar-refractivity contribution is 5.79. The van der Waals surface area contributed by atoms with Crippen molar-refractivity contribution in [3.8, 4) is 0 Å². The van der Waals surface area contributed by atoms with E-state index in [1.807, 2.05) is 12.1 Å². The van der Waals surface area contributed by atoms with Crippen LogP contribution in [0.3, 0.4) is 0 Å². The van der Waals surface area contributed by atoms with Crippen LogP contribution in [-0.2, 0) is 16.1 Å². The van der Waals surface area contributed by atoms with Crippen molar-refractivity contribution in [3.63, 3.8) is 0 Å². The maximum atomic E-state index is 5.85. The van der Waals surface area contributed by atoms with E-state index in [9.17, 15) is 0 Å². The van der Waals surface area contributed by atoms with Gasteiger partial charge < -0.3 is 24.5 Å². The Hall–Kier alpha value is -1.57. The summed E-state index contributed by atoms with van der Waals surface area (Å²) in [6.07, 6.45) is 3.11. The van der Waals surface area contributed by atoms with Crippen LogP contribution in [0.1, 0.15) is 39.9 Å². The third-order valence-electron chi connectivity index (χ3n) is 4.77. The monoisotopic (exact) mass is 380 g/mol. The molecule has 2 rings (SSSR count). The average molecular weight is 381 g/mol. The maximum absolute atomic E-state index is 5.85. The minimum absolute atomic E-state index is 0.0239. The standard InChI is InChI=1S/C20H36N4O3/c1-16-12-24(13-17(2)27-16)20(3,4)15-23-19(21-5)22-9-7-10-25-14-18-8-6-11-26-18/h6,8,11,16-17H,7,9-10,12-15H2,1-5H3,(H2,21,22,23). The predicted molar refractivity (Wildman–Crippen MR) is 108 cm³/mol. The molecule has 1 aromatic rings. The largest absolute Gasteiger partial charge is 0.467 e. The van der Waals surface area contributed by atoms with Gasteiger partial charge in [-0.25, -0.2) is 0 Å². The minimum atomic E-state index is 0.0239. The van der Waals surface area contributed by atoms with E-state index in [-0.39, 0.29) is 17.7 Å². The Bertz CT molecular complexity index is 550. The van der Waals surface area contributed by atoms with Crippen molar-refractivity contribution in [2.24, 2.45) is 4.99 Å². The van der Waals surface area contributed by atoms with Gasteiger partial charge in [-0.05, 0) is 46.2 Å². The number of aliphatic imine (C=N–C) groups is 1. The van der Waals surface area contributed by atoms with Crippen LogP contribution in [0.4, 0.5) is 0 Å². The third kappa shape index (κ3) is 7.52. The number of guanidine groups is 1. The van der Waals surface area contributed by atoms with Gasteiger partial charge in [0.15, 0.2) is 5.96 Å². The lowest BCUT2D eigenvalue weighted by atomic mass is 10.00. The molecule has 0 radical (unpaired) electrons. The SMILES string of the molecule is CN=C(NCCCOCc1ccco1)NCC(C)(C)N1CC(C)OC(C)C1. The molecule has 7 nitrogen and oxygen atoms in total. The number of hydrogen-bond acceptors (Lipinski definition) is 5. The lowest BCUT2D eigenvalue weighted by molar-refractivity contribution is -0.0946. The molecule has 0 amide bonds. The highest BCUT2D eigenvalue weighted by Crippen LogP contribution is 2.20. The van der Waals surface area contributed by atoms with Gasteiger partial charge in [0.25, 0.3) is 0 Å². The Kier molecular flexibility index (Phi) is 8.60. The van der Waals surface area contributed by atoms with Gasteiger partial charge in [-0.15, -0.1) is 0 Å². The van der Waals surface area contributed by atoms with Gasteiger partial charge in [0.05, 0.1) is 18.5 Å². The molecule has 0 saturated carbocycles. The molecule has 0 spiro atoms. The lowest BCUT2D eigenvalue weighted by Crippen LogP contribution is -2.59. The van der Waals surface area contributed by atoms with E-state index in [1.54, 1.807) is 13.3 Å². The number of ether oxygens (including phenoxy) is 2. The van der Waals surface area contributed by atoms with Crippen LogP contribution >= 0.6 is 0 Å². The van der Waals surface area contributed by atoms with E-state index in [4.69, 9.17) is 13.9 Å². The average Bonchev–Trinajstić information content (AvgIpc) is 3.13. The molecule has 1 aromatic heterocycles. The van der Waals surface area contributed by atoms with Gasteiger partial charge >= 0.3 is 0 Å². The molecule has 1 fully saturated rings. The molecule has 0 aliphatic carbocycles. The van der Waals surface area contributed by atoms with Crippen LogP contribution in [0.5, 0.6) is 0 Å². The predicted octanol–water partition coefficient (Wildman–Crippen LogP) is 2.24. The van der Waals surface area contributed by atoms with E-state index in [1.165, 1.54) is 0 Å². The molecule has 1 aliphatic heterocycles. The van der Waals surface area contributed by atoms with Crippen molar-refractivity contribution in [1.82, 2.24) is 15.5 Å². The zero-order valence-corrected chi connectivity index (χ0v) is 17.5. The molecule has 2 N–H and O–H groups in total. The summed E-state index contributed by atoms with van der Waals surface area (Å²) in [5.74, 6) is 1.68. The fourth-order valence-corrected chi connectivity index (χ4v) is 3.25. The van der Waals surface area contributed by atoms with Crippen LogP contribution in [0.2, 0.25) is 0 Å².